The highest BCUT2D eigenvalue weighted by atomic mass is 16.1. The standard InChI is InChI=1S/C12H17NO/c1-3-10(2)12(14)13-9-11-7-5-4-6-8-11/h4-8,10H,3,9H2,1-2H3,(H,13,14)/t10-/m0/s1. The first-order valence-electron chi connectivity index (χ1n) is 5.05. The Balaban J connectivity index is 2.38. The maximum atomic E-state index is 11.4. The van der Waals surface area contributed by atoms with Gasteiger partial charge >= 0.3 is 0 Å². The average Bonchev–Trinajstić information content (AvgIpc) is 2.26. The van der Waals surface area contributed by atoms with Crippen molar-refractivity contribution in [2.45, 2.75) is 26.8 Å². The fourth-order valence-electron chi connectivity index (χ4n) is 1.14. The largest absolute Gasteiger partial charge is 0.352 e. The highest BCUT2D eigenvalue weighted by molar-refractivity contribution is 5.78. The first-order chi connectivity index (χ1) is 6.74. The Labute approximate surface area is 85.3 Å². The molecule has 0 saturated carbocycles. The van der Waals surface area contributed by atoms with E-state index in [4.69, 9.17) is 0 Å². The molecule has 1 atom stereocenters. The quantitative estimate of drug-likeness (QED) is 0.777. The van der Waals surface area contributed by atoms with E-state index in [1.165, 1.54) is 0 Å². The molecule has 76 valence electrons. The minimum Gasteiger partial charge on any atom is -0.352 e. The smallest absolute Gasteiger partial charge is 0.223 e. The van der Waals surface area contributed by atoms with Crippen molar-refractivity contribution < 1.29 is 4.79 Å². The Kier molecular flexibility index (Phi) is 4.17. The zero-order chi connectivity index (χ0) is 10.4. The van der Waals surface area contributed by atoms with Gasteiger partial charge in [0.05, 0.1) is 0 Å². The maximum absolute atomic E-state index is 11.4. The number of nitrogens with one attached hydrogen (secondary N) is 1. The second-order valence-electron chi connectivity index (χ2n) is 3.51. The summed E-state index contributed by atoms with van der Waals surface area (Å²) in [7, 11) is 0. The van der Waals surface area contributed by atoms with E-state index in [1.54, 1.807) is 0 Å². The van der Waals surface area contributed by atoms with Gasteiger partial charge in [0.15, 0.2) is 0 Å². The fourth-order valence-corrected chi connectivity index (χ4v) is 1.14. The number of carbonyl (C=O) groups is 1. The average molecular weight is 191 g/mol. The molecule has 0 bridgehead atoms. The molecule has 0 aliphatic carbocycles. The van der Waals surface area contributed by atoms with Crippen LogP contribution in [0.3, 0.4) is 0 Å². The van der Waals surface area contributed by atoms with E-state index in [0.717, 1.165) is 12.0 Å². The summed E-state index contributed by atoms with van der Waals surface area (Å²) in [4.78, 5) is 11.4. The Morgan fingerprint density at radius 2 is 2.00 bits per heavy atom. The Morgan fingerprint density at radius 1 is 1.36 bits per heavy atom. The summed E-state index contributed by atoms with van der Waals surface area (Å²) < 4.78 is 0. The predicted molar refractivity (Wildman–Crippen MR) is 57.7 cm³/mol. The van der Waals surface area contributed by atoms with Crippen LogP contribution < -0.4 is 5.32 Å². The molecule has 0 spiro atoms. The van der Waals surface area contributed by atoms with Gasteiger partial charge in [0.25, 0.3) is 0 Å². The SMILES string of the molecule is CC[C@H](C)C(=O)NCc1ccccc1. The Bertz CT molecular complexity index is 282. The van der Waals surface area contributed by atoms with Crippen molar-refractivity contribution in [3.05, 3.63) is 35.9 Å². The second kappa shape index (κ2) is 5.43. The molecule has 0 fully saturated rings. The van der Waals surface area contributed by atoms with Gasteiger partial charge in [-0.2, -0.15) is 0 Å². The van der Waals surface area contributed by atoms with E-state index >= 15 is 0 Å². The molecule has 0 heterocycles. The molecular weight excluding hydrogens is 174 g/mol. The van der Waals surface area contributed by atoms with Gasteiger partial charge in [-0.1, -0.05) is 44.2 Å². The monoisotopic (exact) mass is 191 g/mol. The van der Waals surface area contributed by atoms with Crippen molar-refractivity contribution >= 4 is 5.91 Å². The summed E-state index contributed by atoms with van der Waals surface area (Å²) in [6.07, 6.45) is 0.890. The zero-order valence-corrected chi connectivity index (χ0v) is 8.79. The van der Waals surface area contributed by atoms with Crippen molar-refractivity contribution in [3.63, 3.8) is 0 Å². The van der Waals surface area contributed by atoms with E-state index < -0.39 is 0 Å². The number of rotatable bonds is 4. The van der Waals surface area contributed by atoms with Crippen molar-refractivity contribution in [2.75, 3.05) is 0 Å². The van der Waals surface area contributed by atoms with Crippen LogP contribution in [0.25, 0.3) is 0 Å². The highest BCUT2D eigenvalue weighted by Crippen LogP contribution is 2.02. The highest BCUT2D eigenvalue weighted by Gasteiger charge is 2.08. The molecule has 0 unspecified atom stereocenters. The maximum Gasteiger partial charge on any atom is 0.223 e. The number of amides is 1. The lowest BCUT2D eigenvalue weighted by Crippen LogP contribution is -2.28. The van der Waals surface area contributed by atoms with Crippen molar-refractivity contribution in [1.82, 2.24) is 5.32 Å². The van der Waals surface area contributed by atoms with Gasteiger partial charge in [0.2, 0.25) is 5.91 Å². The minimum atomic E-state index is 0.110. The first kappa shape index (κ1) is 10.8. The number of benzene rings is 1. The molecule has 2 heteroatoms. The van der Waals surface area contributed by atoms with E-state index in [1.807, 2.05) is 44.2 Å². The molecular formula is C12H17NO. The van der Waals surface area contributed by atoms with Crippen LogP contribution >= 0.6 is 0 Å². The third kappa shape index (κ3) is 3.21. The molecule has 2 nitrogen and oxygen atoms in total. The molecule has 1 N–H and O–H groups in total. The van der Waals surface area contributed by atoms with E-state index in [9.17, 15) is 4.79 Å². The van der Waals surface area contributed by atoms with Crippen LogP contribution in [0.1, 0.15) is 25.8 Å². The van der Waals surface area contributed by atoms with Crippen LogP contribution in [0.2, 0.25) is 0 Å². The normalized spacial score (nSPS) is 12.1. The van der Waals surface area contributed by atoms with Crippen LogP contribution in [0.5, 0.6) is 0 Å². The van der Waals surface area contributed by atoms with Gasteiger partial charge in [0, 0.05) is 12.5 Å². The number of hydrogen-bond donors (Lipinski definition) is 1. The van der Waals surface area contributed by atoms with Gasteiger partial charge < -0.3 is 5.32 Å². The molecule has 0 aliphatic rings. The third-order valence-corrected chi connectivity index (χ3v) is 2.37. The lowest BCUT2D eigenvalue weighted by atomic mass is 10.1. The predicted octanol–water partition coefficient (Wildman–Crippen LogP) is 2.35. The molecule has 0 saturated heterocycles. The van der Waals surface area contributed by atoms with Crippen LogP contribution in [0.4, 0.5) is 0 Å². The molecule has 0 aliphatic heterocycles. The molecule has 14 heavy (non-hydrogen) atoms. The minimum absolute atomic E-state index is 0.110. The second-order valence-corrected chi connectivity index (χ2v) is 3.51. The van der Waals surface area contributed by atoms with Gasteiger partial charge in [0.1, 0.15) is 0 Å². The van der Waals surface area contributed by atoms with Crippen molar-refractivity contribution in [3.8, 4) is 0 Å². The van der Waals surface area contributed by atoms with Crippen LogP contribution in [0.15, 0.2) is 30.3 Å². The summed E-state index contributed by atoms with van der Waals surface area (Å²) in [5, 5.41) is 2.91. The topological polar surface area (TPSA) is 29.1 Å². The lowest BCUT2D eigenvalue weighted by Gasteiger charge is -2.09. The van der Waals surface area contributed by atoms with Crippen LogP contribution in [-0.4, -0.2) is 5.91 Å². The van der Waals surface area contributed by atoms with E-state index in [2.05, 4.69) is 5.32 Å². The summed E-state index contributed by atoms with van der Waals surface area (Å²) in [6.45, 7) is 4.59. The van der Waals surface area contributed by atoms with E-state index in [0.29, 0.717) is 6.54 Å². The van der Waals surface area contributed by atoms with Gasteiger partial charge in [-0.15, -0.1) is 0 Å². The molecule has 0 aromatic heterocycles. The van der Waals surface area contributed by atoms with E-state index in [-0.39, 0.29) is 11.8 Å². The summed E-state index contributed by atoms with van der Waals surface area (Å²) >= 11 is 0. The number of hydrogen-bond acceptors (Lipinski definition) is 1. The molecule has 0 radical (unpaired) electrons. The lowest BCUT2D eigenvalue weighted by molar-refractivity contribution is -0.124. The molecule has 1 aromatic carbocycles. The molecule has 1 amide bonds. The van der Waals surface area contributed by atoms with Gasteiger partial charge in [-0.3, -0.25) is 4.79 Å². The van der Waals surface area contributed by atoms with Crippen molar-refractivity contribution in [2.24, 2.45) is 5.92 Å². The molecule has 1 aromatic rings. The van der Waals surface area contributed by atoms with Crippen LogP contribution in [-0.2, 0) is 11.3 Å². The van der Waals surface area contributed by atoms with Crippen molar-refractivity contribution in [1.29, 1.82) is 0 Å². The fraction of sp³-hybridized carbons (Fsp3) is 0.417. The summed E-state index contributed by atoms with van der Waals surface area (Å²) in [5.41, 5.74) is 1.14. The molecule has 1 rings (SSSR count). The Morgan fingerprint density at radius 3 is 2.57 bits per heavy atom. The van der Waals surface area contributed by atoms with Crippen LogP contribution in [0, 0.1) is 5.92 Å². The Hall–Kier alpha value is -1.31. The number of carbonyl (C=O) groups excluding carboxylic acids is 1. The zero-order valence-electron chi connectivity index (χ0n) is 8.79. The van der Waals surface area contributed by atoms with Gasteiger partial charge in [-0.25, -0.2) is 0 Å². The summed E-state index contributed by atoms with van der Waals surface area (Å²) in [5.74, 6) is 0.245. The first-order valence-corrected chi connectivity index (χ1v) is 5.05. The third-order valence-electron chi connectivity index (χ3n) is 2.37. The summed E-state index contributed by atoms with van der Waals surface area (Å²) in [6, 6.07) is 9.95. The van der Waals surface area contributed by atoms with Gasteiger partial charge in [-0.05, 0) is 12.0 Å².